The first-order chi connectivity index (χ1) is 17.0. The minimum atomic E-state index is -0.436. The monoisotopic (exact) mass is 474 g/mol. The van der Waals surface area contributed by atoms with Crippen LogP contribution in [0, 0.1) is 17.1 Å². The van der Waals surface area contributed by atoms with Crippen LogP contribution in [0.5, 0.6) is 11.6 Å². The highest BCUT2D eigenvalue weighted by molar-refractivity contribution is 5.79. The molecule has 9 heteroatoms. The van der Waals surface area contributed by atoms with Crippen LogP contribution in [0.15, 0.2) is 48.7 Å². The van der Waals surface area contributed by atoms with Gasteiger partial charge in [-0.3, -0.25) is 4.79 Å². The number of rotatable bonds is 7. The molecular weight excluding hydrogens is 451 g/mol. The van der Waals surface area contributed by atoms with Gasteiger partial charge in [0.15, 0.2) is 6.29 Å². The Morgan fingerprint density at radius 1 is 1.31 bits per heavy atom. The SMILES string of the molecule is CCOc1ncccc1-c1ccc(OC2COC3(C2)CN(c2ccc(F)cc2C#N)C3)c(C=O)n1. The maximum atomic E-state index is 13.5. The van der Waals surface area contributed by atoms with Gasteiger partial charge in [0.1, 0.15) is 35.0 Å². The third kappa shape index (κ3) is 4.40. The normalized spacial score (nSPS) is 18.1. The van der Waals surface area contributed by atoms with Crippen LogP contribution in [-0.4, -0.2) is 54.3 Å². The Kier molecular flexibility index (Phi) is 6.05. The predicted octanol–water partition coefficient (Wildman–Crippen LogP) is 3.79. The Labute approximate surface area is 201 Å². The van der Waals surface area contributed by atoms with Crippen LogP contribution in [0.3, 0.4) is 0 Å². The highest BCUT2D eigenvalue weighted by atomic mass is 19.1. The van der Waals surface area contributed by atoms with Crippen LogP contribution in [0.25, 0.3) is 11.3 Å². The Morgan fingerprint density at radius 3 is 2.94 bits per heavy atom. The van der Waals surface area contributed by atoms with Gasteiger partial charge in [-0.05, 0) is 49.4 Å². The van der Waals surface area contributed by atoms with Crippen molar-refractivity contribution in [1.29, 1.82) is 5.26 Å². The van der Waals surface area contributed by atoms with Gasteiger partial charge in [-0.2, -0.15) is 5.26 Å². The topological polar surface area (TPSA) is 97.6 Å². The van der Waals surface area contributed by atoms with E-state index in [1.54, 1.807) is 30.5 Å². The number of pyridine rings is 2. The van der Waals surface area contributed by atoms with E-state index in [0.717, 1.165) is 0 Å². The number of nitriles is 1. The lowest BCUT2D eigenvalue weighted by Crippen LogP contribution is -2.62. The van der Waals surface area contributed by atoms with E-state index in [2.05, 4.69) is 9.97 Å². The van der Waals surface area contributed by atoms with Crippen LogP contribution in [0.4, 0.5) is 10.1 Å². The van der Waals surface area contributed by atoms with Gasteiger partial charge in [0.05, 0.1) is 35.7 Å². The summed E-state index contributed by atoms with van der Waals surface area (Å²) < 4.78 is 31.2. The maximum Gasteiger partial charge on any atom is 0.222 e. The number of anilines is 1. The molecule has 1 atom stereocenters. The Bertz CT molecular complexity index is 1300. The van der Waals surface area contributed by atoms with E-state index < -0.39 is 11.4 Å². The molecule has 0 bridgehead atoms. The third-order valence-electron chi connectivity index (χ3n) is 6.17. The number of aromatic nitrogens is 2. The molecule has 2 fully saturated rings. The van der Waals surface area contributed by atoms with E-state index in [1.165, 1.54) is 12.1 Å². The van der Waals surface area contributed by atoms with Crippen LogP contribution in [-0.2, 0) is 4.74 Å². The standard InChI is InChI=1S/C26H23FN4O4/c1-2-33-25-20(4-3-9-29-25)21-6-8-24(22(13-32)30-21)35-19-11-26(34-14-19)15-31(16-26)23-7-5-18(27)10-17(23)12-28/h3-10,13,19H,2,11,14-16H2,1H3. The number of hydrogen-bond donors (Lipinski definition) is 0. The summed E-state index contributed by atoms with van der Waals surface area (Å²) in [5.41, 5.74) is 2.04. The summed E-state index contributed by atoms with van der Waals surface area (Å²) in [7, 11) is 0. The van der Waals surface area contributed by atoms with Gasteiger partial charge >= 0.3 is 0 Å². The van der Waals surface area contributed by atoms with Gasteiger partial charge in [-0.15, -0.1) is 0 Å². The highest BCUT2D eigenvalue weighted by Crippen LogP contribution is 2.40. The molecule has 178 valence electrons. The number of hydrogen-bond acceptors (Lipinski definition) is 8. The molecule has 0 amide bonds. The molecule has 1 unspecified atom stereocenters. The van der Waals surface area contributed by atoms with Crippen molar-refractivity contribution in [3.05, 3.63) is 65.7 Å². The van der Waals surface area contributed by atoms with E-state index >= 15 is 0 Å². The van der Waals surface area contributed by atoms with Crippen molar-refractivity contribution >= 4 is 12.0 Å². The quantitative estimate of drug-likeness (QED) is 0.477. The van der Waals surface area contributed by atoms with Crippen LogP contribution < -0.4 is 14.4 Å². The van der Waals surface area contributed by atoms with Crippen molar-refractivity contribution in [2.75, 3.05) is 31.2 Å². The Hall–Kier alpha value is -4.03. The fourth-order valence-electron chi connectivity index (χ4n) is 4.61. The number of carbonyl (C=O) groups is 1. The molecular formula is C26H23FN4O4. The van der Waals surface area contributed by atoms with Crippen molar-refractivity contribution in [3.8, 4) is 29.0 Å². The molecule has 1 spiro atoms. The second-order valence-corrected chi connectivity index (χ2v) is 8.55. The summed E-state index contributed by atoms with van der Waals surface area (Å²) in [6, 6.07) is 13.4. The highest BCUT2D eigenvalue weighted by Gasteiger charge is 2.51. The number of carbonyl (C=O) groups excluding carboxylic acids is 1. The first-order valence-corrected chi connectivity index (χ1v) is 11.3. The zero-order valence-corrected chi connectivity index (χ0v) is 19.1. The summed E-state index contributed by atoms with van der Waals surface area (Å²) in [6.45, 7) is 3.86. The molecule has 0 radical (unpaired) electrons. The van der Waals surface area contributed by atoms with Crippen LogP contribution >= 0.6 is 0 Å². The molecule has 0 N–H and O–H groups in total. The number of aldehydes is 1. The van der Waals surface area contributed by atoms with Crippen molar-refractivity contribution in [1.82, 2.24) is 9.97 Å². The predicted molar refractivity (Wildman–Crippen MR) is 125 cm³/mol. The van der Waals surface area contributed by atoms with E-state index in [9.17, 15) is 14.4 Å². The number of halogens is 1. The average Bonchev–Trinajstić information content (AvgIpc) is 3.28. The minimum Gasteiger partial charge on any atom is -0.486 e. The zero-order valence-electron chi connectivity index (χ0n) is 19.1. The average molecular weight is 474 g/mol. The van der Waals surface area contributed by atoms with E-state index in [1.807, 2.05) is 24.0 Å². The van der Waals surface area contributed by atoms with Crippen molar-refractivity contribution in [2.45, 2.75) is 25.0 Å². The molecule has 8 nitrogen and oxygen atoms in total. The third-order valence-corrected chi connectivity index (χ3v) is 6.17. The summed E-state index contributed by atoms with van der Waals surface area (Å²) in [6.07, 6.45) is 2.69. The lowest BCUT2D eigenvalue weighted by atomic mass is 9.89. The lowest BCUT2D eigenvalue weighted by Gasteiger charge is -2.48. The molecule has 0 saturated carbocycles. The second kappa shape index (κ2) is 9.31. The minimum absolute atomic E-state index is 0.190. The Morgan fingerprint density at radius 2 is 2.17 bits per heavy atom. The fraction of sp³-hybridized carbons (Fsp3) is 0.308. The van der Waals surface area contributed by atoms with E-state index in [-0.39, 0.29) is 11.8 Å². The summed E-state index contributed by atoms with van der Waals surface area (Å²) >= 11 is 0. The molecule has 35 heavy (non-hydrogen) atoms. The molecule has 2 aliphatic heterocycles. The van der Waals surface area contributed by atoms with Crippen LogP contribution in [0.1, 0.15) is 29.4 Å². The summed E-state index contributed by atoms with van der Waals surface area (Å²) in [5, 5.41) is 9.32. The van der Waals surface area contributed by atoms with Gasteiger partial charge in [0.25, 0.3) is 0 Å². The number of ether oxygens (including phenoxy) is 3. The van der Waals surface area contributed by atoms with E-state index in [0.29, 0.717) is 73.1 Å². The first kappa shape index (κ1) is 22.7. The molecule has 0 aliphatic carbocycles. The first-order valence-electron chi connectivity index (χ1n) is 11.3. The molecule has 5 rings (SSSR count). The summed E-state index contributed by atoms with van der Waals surface area (Å²) in [4.78, 5) is 22.5. The van der Waals surface area contributed by atoms with Gasteiger partial charge < -0.3 is 19.1 Å². The van der Waals surface area contributed by atoms with Crippen molar-refractivity contribution < 1.29 is 23.4 Å². The number of benzene rings is 1. The van der Waals surface area contributed by atoms with Crippen molar-refractivity contribution in [3.63, 3.8) is 0 Å². The number of nitrogens with zero attached hydrogens (tertiary/aromatic N) is 4. The zero-order chi connectivity index (χ0) is 24.4. The molecule has 1 aromatic carbocycles. The molecule has 2 saturated heterocycles. The lowest BCUT2D eigenvalue weighted by molar-refractivity contribution is -0.0195. The largest absolute Gasteiger partial charge is 0.486 e. The van der Waals surface area contributed by atoms with Gasteiger partial charge in [0.2, 0.25) is 5.88 Å². The van der Waals surface area contributed by atoms with Gasteiger partial charge in [-0.25, -0.2) is 14.4 Å². The van der Waals surface area contributed by atoms with Gasteiger partial charge in [0, 0.05) is 25.7 Å². The molecule has 4 heterocycles. The van der Waals surface area contributed by atoms with Crippen LogP contribution in [0.2, 0.25) is 0 Å². The fourth-order valence-corrected chi connectivity index (χ4v) is 4.61. The van der Waals surface area contributed by atoms with E-state index in [4.69, 9.17) is 14.2 Å². The van der Waals surface area contributed by atoms with Gasteiger partial charge in [-0.1, -0.05) is 0 Å². The smallest absolute Gasteiger partial charge is 0.222 e. The maximum absolute atomic E-state index is 13.5. The molecule has 2 aromatic heterocycles. The molecule has 2 aliphatic rings. The second-order valence-electron chi connectivity index (χ2n) is 8.55. The Balaban J connectivity index is 1.27. The molecule has 3 aromatic rings. The van der Waals surface area contributed by atoms with Crippen molar-refractivity contribution in [2.24, 2.45) is 0 Å². The summed E-state index contributed by atoms with van der Waals surface area (Å²) in [5.74, 6) is 0.404.